The third-order valence-electron chi connectivity index (χ3n) is 5.18. The Morgan fingerprint density at radius 1 is 1.00 bits per heavy atom. The number of hydrogen-bond acceptors (Lipinski definition) is 3. The van der Waals surface area contributed by atoms with Gasteiger partial charge in [-0.1, -0.05) is 64.1 Å². The second-order valence-corrected chi connectivity index (χ2v) is 8.91. The summed E-state index contributed by atoms with van der Waals surface area (Å²) in [5.74, 6) is 0.841. The number of nitrogens with zero attached hydrogens (tertiary/aromatic N) is 3. The monoisotopic (exact) mass is 373 g/mol. The van der Waals surface area contributed by atoms with E-state index in [1.54, 1.807) is 10.9 Å². The highest BCUT2D eigenvalue weighted by Gasteiger charge is 2.21. The van der Waals surface area contributed by atoms with Gasteiger partial charge in [-0.25, -0.2) is 0 Å². The number of phenols is 1. The average Bonchev–Trinajstić information content (AvgIpc) is 3.06. The van der Waals surface area contributed by atoms with Gasteiger partial charge in [-0.15, -0.1) is 15.0 Å². The summed E-state index contributed by atoms with van der Waals surface area (Å²) >= 11 is 0. The molecule has 0 saturated heterocycles. The highest BCUT2D eigenvalue weighted by atomic mass is 16.3. The van der Waals surface area contributed by atoms with Crippen LogP contribution >= 0.6 is 0 Å². The second-order valence-electron chi connectivity index (χ2n) is 8.91. The molecule has 0 aliphatic rings. The SMILES string of the molecule is CC(C)CC(C)(C)Cc1ccc(O)c(-n2nc3ccc4ccccc4c3n2)c1. The van der Waals surface area contributed by atoms with Crippen molar-refractivity contribution >= 4 is 21.8 Å². The quantitative estimate of drug-likeness (QED) is 0.474. The van der Waals surface area contributed by atoms with E-state index in [2.05, 4.69) is 51.0 Å². The molecular weight excluding hydrogens is 346 g/mol. The molecule has 0 radical (unpaired) electrons. The van der Waals surface area contributed by atoms with Crippen LogP contribution in [0.5, 0.6) is 5.75 Å². The van der Waals surface area contributed by atoms with Crippen molar-refractivity contribution in [3.8, 4) is 11.4 Å². The fourth-order valence-corrected chi connectivity index (χ4v) is 4.33. The Balaban J connectivity index is 1.75. The Morgan fingerprint density at radius 2 is 1.79 bits per heavy atom. The van der Waals surface area contributed by atoms with Crippen molar-refractivity contribution in [3.63, 3.8) is 0 Å². The molecule has 0 aliphatic carbocycles. The summed E-state index contributed by atoms with van der Waals surface area (Å²) in [4.78, 5) is 1.56. The predicted molar refractivity (Wildman–Crippen MR) is 115 cm³/mol. The average molecular weight is 374 g/mol. The number of fused-ring (bicyclic) bond motifs is 3. The predicted octanol–water partition coefficient (Wildman–Crippen LogP) is 5.89. The Kier molecular flexibility index (Phi) is 4.58. The lowest BCUT2D eigenvalue weighted by Crippen LogP contribution is -2.18. The van der Waals surface area contributed by atoms with E-state index in [1.165, 1.54) is 5.56 Å². The van der Waals surface area contributed by atoms with E-state index in [-0.39, 0.29) is 11.2 Å². The summed E-state index contributed by atoms with van der Waals surface area (Å²) < 4.78 is 0. The summed E-state index contributed by atoms with van der Waals surface area (Å²) in [6, 6.07) is 18.0. The zero-order chi connectivity index (χ0) is 19.9. The molecule has 1 aromatic heterocycles. The van der Waals surface area contributed by atoms with Gasteiger partial charge >= 0.3 is 0 Å². The van der Waals surface area contributed by atoms with Gasteiger partial charge in [0.2, 0.25) is 0 Å². The molecular formula is C24H27N3O. The lowest BCUT2D eigenvalue weighted by molar-refractivity contribution is 0.285. The van der Waals surface area contributed by atoms with Crippen molar-refractivity contribution in [2.75, 3.05) is 0 Å². The van der Waals surface area contributed by atoms with Crippen LogP contribution in [0, 0.1) is 11.3 Å². The minimum Gasteiger partial charge on any atom is -0.506 e. The number of aromatic nitrogens is 3. The molecule has 0 atom stereocenters. The van der Waals surface area contributed by atoms with Gasteiger partial charge in [0.25, 0.3) is 0 Å². The van der Waals surface area contributed by atoms with Crippen LogP contribution in [-0.2, 0) is 6.42 Å². The number of phenolic OH excluding ortho intramolecular Hbond substituents is 1. The van der Waals surface area contributed by atoms with E-state index >= 15 is 0 Å². The molecule has 1 N–H and O–H groups in total. The highest BCUT2D eigenvalue weighted by Crippen LogP contribution is 2.32. The first-order valence-electron chi connectivity index (χ1n) is 9.89. The first kappa shape index (κ1) is 18.5. The van der Waals surface area contributed by atoms with E-state index in [1.807, 2.05) is 30.3 Å². The van der Waals surface area contributed by atoms with Gasteiger partial charge in [0, 0.05) is 5.39 Å². The van der Waals surface area contributed by atoms with Crippen LogP contribution < -0.4 is 0 Å². The number of aromatic hydroxyl groups is 1. The lowest BCUT2D eigenvalue weighted by atomic mass is 9.79. The highest BCUT2D eigenvalue weighted by molar-refractivity contribution is 6.03. The number of hydrogen-bond donors (Lipinski definition) is 1. The second kappa shape index (κ2) is 6.93. The minimum absolute atomic E-state index is 0.190. The normalized spacial score (nSPS) is 12.3. The van der Waals surface area contributed by atoms with E-state index in [0.717, 1.165) is 34.6 Å². The maximum absolute atomic E-state index is 10.5. The van der Waals surface area contributed by atoms with Crippen LogP contribution in [0.15, 0.2) is 54.6 Å². The standard InChI is InChI=1S/C24H27N3O/c1-16(2)14-24(3,4)15-17-9-12-22(28)21(13-17)27-25-20-11-10-18-7-5-6-8-19(18)23(20)26-27/h5-13,16,28H,14-15H2,1-4H3. The summed E-state index contributed by atoms with van der Waals surface area (Å²) in [5, 5.41) is 22.0. The van der Waals surface area contributed by atoms with E-state index in [4.69, 9.17) is 5.10 Å². The van der Waals surface area contributed by atoms with E-state index < -0.39 is 0 Å². The van der Waals surface area contributed by atoms with Crippen molar-refractivity contribution in [2.45, 2.75) is 40.5 Å². The zero-order valence-corrected chi connectivity index (χ0v) is 17.0. The van der Waals surface area contributed by atoms with E-state index in [0.29, 0.717) is 11.6 Å². The van der Waals surface area contributed by atoms with Crippen molar-refractivity contribution in [2.24, 2.45) is 11.3 Å². The Hall–Kier alpha value is -2.88. The van der Waals surface area contributed by atoms with Gasteiger partial charge in [0.1, 0.15) is 22.5 Å². The molecule has 0 aliphatic heterocycles. The Labute approximate surface area is 165 Å². The summed E-state index contributed by atoms with van der Waals surface area (Å²) in [6.07, 6.45) is 2.10. The molecule has 0 fully saturated rings. The molecule has 0 bridgehead atoms. The first-order chi connectivity index (χ1) is 13.3. The molecule has 4 aromatic rings. The van der Waals surface area contributed by atoms with Crippen molar-refractivity contribution in [1.29, 1.82) is 0 Å². The van der Waals surface area contributed by atoms with Gasteiger partial charge in [0.05, 0.1) is 0 Å². The van der Waals surface area contributed by atoms with Crippen LogP contribution in [0.1, 0.15) is 39.7 Å². The molecule has 28 heavy (non-hydrogen) atoms. The number of rotatable bonds is 5. The molecule has 0 saturated carbocycles. The van der Waals surface area contributed by atoms with Crippen LogP contribution in [0.3, 0.4) is 0 Å². The van der Waals surface area contributed by atoms with Gasteiger partial charge in [-0.2, -0.15) is 0 Å². The van der Waals surface area contributed by atoms with Crippen LogP contribution in [0.4, 0.5) is 0 Å². The van der Waals surface area contributed by atoms with Crippen molar-refractivity contribution in [1.82, 2.24) is 15.0 Å². The molecule has 4 rings (SSSR count). The summed E-state index contributed by atoms with van der Waals surface area (Å²) in [7, 11) is 0. The van der Waals surface area contributed by atoms with E-state index in [9.17, 15) is 5.11 Å². The topological polar surface area (TPSA) is 50.9 Å². The zero-order valence-electron chi connectivity index (χ0n) is 17.0. The van der Waals surface area contributed by atoms with Crippen LogP contribution in [0.25, 0.3) is 27.5 Å². The number of benzene rings is 3. The maximum Gasteiger partial charge on any atom is 0.143 e. The molecule has 3 aromatic carbocycles. The van der Waals surface area contributed by atoms with Gasteiger partial charge in [0.15, 0.2) is 0 Å². The first-order valence-corrected chi connectivity index (χ1v) is 9.89. The molecule has 0 spiro atoms. The van der Waals surface area contributed by atoms with Gasteiger partial charge in [-0.3, -0.25) is 0 Å². The van der Waals surface area contributed by atoms with Gasteiger partial charge in [-0.05, 0) is 53.3 Å². The maximum atomic E-state index is 10.5. The summed E-state index contributed by atoms with van der Waals surface area (Å²) in [5.41, 5.74) is 3.68. The molecule has 0 unspecified atom stereocenters. The molecule has 4 heteroatoms. The largest absolute Gasteiger partial charge is 0.506 e. The fraction of sp³-hybridized carbons (Fsp3) is 0.333. The molecule has 4 nitrogen and oxygen atoms in total. The Morgan fingerprint density at radius 3 is 2.57 bits per heavy atom. The Bertz CT molecular complexity index is 1140. The third kappa shape index (κ3) is 3.59. The van der Waals surface area contributed by atoms with Crippen molar-refractivity contribution in [3.05, 3.63) is 60.2 Å². The van der Waals surface area contributed by atoms with Crippen LogP contribution in [-0.4, -0.2) is 20.1 Å². The molecule has 1 heterocycles. The third-order valence-corrected chi connectivity index (χ3v) is 5.18. The molecule has 0 amide bonds. The lowest BCUT2D eigenvalue weighted by Gasteiger charge is -2.27. The minimum atomic E-state index is 0.190. The van der Waals surface area contributed by atoms with Crippen LogP contribution in [0.2, 0.25) is 0 Å². The summed E-state index contributed by atoms with van der Waals surface area (Å²) in [6.45, 7) is 9.11. The van der Waals surface area contributed by atoms with Crippen molar-refractivity contribution < 1.29 is 5.11 Å². The molecule has 144 valence electrons. The fourth-order valence-electron chi connectivity index (χ4n) is 4.33. The smallest absolute Gasteiger partial charge is 0.143 e. The van der Waals surface area contributed by atoms with Gasteiger partial charge < -0.3 is 5.11 Å².